The van der Waals surface area contributed by atoms with Crippen molar-refractivity contribution in [1.29, 1.82) is 0 Å². The molecule has 1 aromatic carbocycles. The summed E-state index contributed by atoms with van der Waals surface area (Å²) in [6, 6.07) is 7.89. The van der Waals surface area contributed by atoms with Gasteiger partial charge in [-0.05, 0) is 18.9 Å². The minimum atomic E-state index is -1.22. The molecule has 21 heavy (non-hydrogen) atoms. The first kappa shape index (κ1) is 14.6. The smallest absolute Gasteiger partial charge is 0.358 e. The second-order valence-corrected chi connectivity index (χ2v) is 4.60. The first-order valence-corrected chi connectivity index (χ1v) is 6.46. The largest absolute Gasteiger partial charge is 0.476 e. The average Bonchev–Trinajstić information content (AvgIpc) is 2.45. The Hall–Kier alpha value is -2.76. The standard InChI is InChI=1S/C15H15N3O3/c1-10-3-2-4-11(9-10)5-6-12(19)18-14-13(15(20)21)16-7-8-17-14/h2-4,7-9H,5-6H2,1H3,(H,20,21)(H,17,18,19). The molecule has 0 radical (unpaired) electrons. The number of carboxylic acid groups (broad SMARTS) is 1. The number of benzene rings is 1. The zero-order valence-corrected chi connectivity index (χ0v) is 11.5. The normalized spacial score (nSPS) is 10.1. The quantitative estimate of drug-likeness (QED) is 0.877. The summed E-state index contributed by atoms with van der Waals surface area (Å²) in [5.74, 6) is -1.55. The second kappa shape index (κ2) is 6.60. The molecule has 2 aromatic rings. The second-order valence-electron chi connectivity index (χ2n) is 4.60. The van der Waals surface area contributed by atoms with Crippen LogP contribution in [0.5, 0.6) is 0 Å². The van der Waals surface area contributed by atoms with Gasteiger partial charge in [0.05, 0.1) is 0 Å². The summed E-state index contributed by atoms with van der Waals surface area (Å²) in [5.41, 5.74) is 1.93. The molecular formula is C15H15N3O3. The van der Waals surface area contributed by atoms with Gasteiger partial charge >= 0.3 is 5.97 Å². The van der Waals surface area contributed by atoms with E-state index >= 15 is 0 Å². The van der Waals surface area contributed by atoms with Gasteiger partial charge in [0.25, 0.3) is 0 Å². The van der Waals surface area contributed by atoms with Gasteiger partial charge in [0.15, 0.2) is 11.5 Å². The number of anilines is 1. The van der Waals surface area contributed by atoms with E-state index in [4.69, 9.17) is 5.11 Å². The Morgan fingerprint density at radius 1 is 1.24 bits per heavy atom. The van der Waals surface area contributed by atoms with Crippen molar-refractivity contribution in [1.82, 2.24) is 9.97 Å². The minimum absolute atomic E-state index is 0.0285. The molecular weight excluding hydrogens is 270 g/mol. The van der Waals surface area contributed by atoms with Gasteiger partial charge < -0.3 is 10.4 Å². The lowest BCUT2D eigenvalue weighted by Crippen LogP contribution is -2.17. The van der Waals surface area contributed by atoms with Crippen LogP contribution in [0.25, 0.3) is 0 Å². The maximum absolute atomic E-state index is 11.9. The van der Waals surface area contributed by atoms with Crippen molar-refractivity contribution in [2.75, 3.05) is 5.32 Å². The number of rotatable bonds is 5. The Bertz CT molecular complexity index is 671. The fourth-order valence-electron chi connectivity index (χ4n) is 1.91. The Labute approximate surface area is 121 Å². The summed E-state index contributed by atoms with van der Waals surface area (Å²) < 4.78 is 0. The Balaban J connectivity index is 1.98. The molecule has 0 fully saturated rings. The fraction of sp³-hybridized carbons (Fsp3) is 0.200. The molecule has 0 aliphatic heterocycles. The van der Waals surface area contributed by atoms with E-state index in [1.165, 1.54) is 12.4 Å². The van der Waals surface area contributed by atoms with Crippen LogP contribution in [0.1, 0.15) is 28.0 Å². The van der Waals surface area contributed by atoms with Crippen LogP contribution >= 0.6 is 0 Å². The van der Waals surface area contributed by atoms with Crippen molar-refractivity contribution in [3.63, 3.8) is 0 Å². The number of aromatic nitrogens is 2. The lowest BCUT2D eigenvalue weighted by Gasteiger charge is -2.06. The fourth-order valence-corrected chi connectivity index (χ4v) is 1.91. The van der Waals surface area contributed by atoms with Crippen molar-refractivity contribution in [3.05, 3.63) is 53.5 Å². The zero-order valence-electron chi connectivity index (χ0n) is 11.5. The molecule has 0 saturated heterocycles. The number of nitrogens with one attached hydrogen (secondary N) is 1. The van der Waals surface area contributed by atoms with Crippen LogP contribution < -0.4 is 5.32 Å². The van der Waals surface area contributed by atoms with Crippen LogP contribution in [0.3, 0.4) is 0 Å². The van der Waals surface area contributed by atoms with Gasteiger partial charge in [-0.3, -0.25) is 4.79 Å². The average molecular weight is 285 g/mol. The summed E-state index contributed by atoms with van der Waals surface area (Å²) in [5, 5.41) is 11.4. The third-order valence-corrected chi connectivity index (χ3v) is 2.88. The molecule has 0 unspecified atom stereocenters. The number of carbonyl (C=O) groups excluding carboxylic acids is 1. The molecule has 1 amide bonds. The monoisotopic (exact) mass is 285 g/mol. The molecule has 0 aliphatic rings. The summed E-state index contributed by atoms with van der Waals surface area (Å²) in [7, 11) is 0. The Kier molecular flexibility index (Phi) is 4.61. The highest BCUT2D eigenvalue weighted by molar-refractivity contribution is 5.97. The molecule has 6 heteroatoms. The summed E-state index contributed by atoms with van der Waals surface area (Å²) in [4.78, 5) is 30.4. The minimum Gasteiger partial charge on any atom is -0.476 e. The van der Waals surface area contributed by atoms with Crippen LogP contribution in [0.2, 0.25) is 0 Å². The molecule has 108 valence electrons. The third-order valence-electron chi connectivity index (χ3n) is 2.88. The lowest BCUT2D eigenvalue weighted by atomic mass is 10.1. The van der Waals surface area contributed by atoms with Crippen molar-refractivity contribution in [2.24, 2.45) is 0 Å². The number of amides is 1. The topological polar surface area (TPSA) is 92.2 Å². The van der Waals surface area contributed by atoms with Crippen molar-refractivity contribution in [3.8, 4) is 0 Å². The van der Waals surface area contributed by atoms with E-state index in [0.29, 0.717) is 6.42 Å². The number of nitrogens with zero attached hydrogens (tertiary/aromatic N) is 2. The van der Waals surface area contributed by atoms with Gasteiger partial charge in [-0.2, -0.15) is 0 Å². The van der Waals surface area contributed by atoms with Crippen molar-refractivity contribution < 1.29 is 14.7 Å². The van der Waals surface area contributed by atoms with E-state index in [-0.39, 0.29) is 23.8 Å². The Morgan fingerprint density at radius 2 is 2.00 bits per heavy atom. The number of carboxylic acids is 1. The Morgan fingerprint density at radius 3 is 2.71 bits per heavy atom. The summed E-state index contributed by atoms with van der Waals surface area (Å²) in [6.45, 7) is 1.99. The van der Waals surface area contributed by atoms with E-state index < -0.39 is 5.97 Å². The molecule has 6 nitrogen and oxygen atoms in total. The highest BCUT2D eigenvalue weighted by Crippen LogP contribution is 2.10. The third kappa shape index (κ3) is 4.10. The van der Waals surface area contributed by atoms with E-state index in [1.807, 2.05) is 31.2 Å². The molecule has 0 saturated carbocycles. The first-order chi connectivity index (χ1) is 10.1. The molecule has 2 rings (SSSR count). The summed E-state index contributed by atoms with van der Waals surface area (Å²) >= 11 is 0. The maximum atomic E-state index is 11.9. The number of carbonyl (C=O) groups is 2. The van der Waals surface area contributed by atoms with Gasteiger partial charge in [-0.1, -0.05) is 29.8 Å². The molecule has 0 aliphatic carbocycles. The van der Waals surface area contributed by atoms with Crippen molar-refractivity contribution in [2.45, 2.75) is 19.8 Å². The highest BCUT2D eigenvalue weighted by atomic mass is 16.4. The van der Waals surface area contributed by atoms with Crippen LogP contribution in [-0.2, 0) is 11.2 Å². The van der Waals surface area contributed by atoms with Gasteiger partial charge in [0, 0.05) is 18.8 Å². The van der Waals surface area contributed by atoms with E-state index in [1.54, 1.807) is 0 Å². The van der Waals surface area contributed by atoms with Crippen LogP contribution in [0.15, 0.2) is 36.7 Å². The molecule has 1 aromatic heterocycles. The van der Waals surface area contributed by atoms with Crippen LogP contribution in [0, 0.1) is 6.92 Å². The SMILES string of the molecule is Cc1cccc(CCC(=O)Nc2nccnc2C(=O)O)c1. The van der Waals surface area contributed by atoms with Crippen molar-refractivity contribution >= 4 is 17.7 Å². The zero-order chi connectivity index (χ0) is 15.2. The number of hydrogen-bond donors (Lipinski definition) is 2. The first-order valence-electron chi connectivity index (χ1n) is 6.46. The van der Waals surface area contributed by atoms with Gasteiger partial charge in [-0.15, -0.1) is 0 Å². The molecule has 0 atom stereocenters. The van der Waals surface area contributed by atoms with Gasteiger partial charge in [0.2, 0.25) is 5.91 Å². The lowest BCUT2D eigenvalue weighted by molar-refractivity contribution is -0.116. The molecule has 0 spiro atoms. The predicted molar refractivity (Wildman–Crippen MR) is 77.1 cm³/mol. The molecule has 1 heterocycles. The van der Waals surface area contributed by atoms with E-state index in [9.17, 15) is 9.59 Å². The highest BCUT2D eigenvalue weighted by Gasteiger charge is 2.14. The number of aryl methyl sites for hydroxylation is 2. The van der Waals surface area contributed by atoms with Gasteiger partial charge in [0.1, 0.15) is 0 Å². The van der Waals surface area contributed by atoms with E-state index in [0.717, 1.165) is 11.1 Å². The van der Waals surface area contributed by atoms with Gasteiger partial charge in [-0.25, -0.2) is 14.8 Å². The van der Waals surface area contributed by atoms with Crippen LogP contribution in [-0.4, -0.2) is 27.0 Å². The predicted octanol–water partition coefficient (Wildman–Crippen LogP) is 2.05. The molecule has 2 N–H and O–H groups in total. The number of hydrogen-bond acceptors (Lipinski definition) is 4. The number of aromatic carboxylic acids is 1. The van der Waals surface area contributed by atoms with E-state index in [2.05, 4.69) is 15.3 Å². The van der Waals surface area contributed by atoms with Crippen LogP contribution in [0.4, 0.5) is 5.82 Å². The maximum Gasteiger partial charge on any atom is 0.358 e. The molecule has 0 bridgehead atoms. The summed E-state index contributed by atoms with van der Waals surface area (Å²) in [6.07, 6.45) is 3.43.